The highest BCUT2D eigenvalue weighted by molar-refractivity contribution is 7.91. The Kier molecular flexibility index (Phi) is 5.41. The molecule has 1 aromatic carbocycles. The maximum absolute atomic E-state index is 13.2. The Morgan fingerprint density at radius 1 is 1.30 bits per heavy atom. The van der Waals surface area contributed by atoms with Gasteiger partial charge in [-0.25, -0.2) is 18.5 Å². The molecule has 30 heavy (non-hydrogen) atoms. The molecule has 0 bridgehead atoms. The molecule has 8 nitrogen and oxygen atoms in total. The molecule has 1 aliphatic rings. The number of likely N-dealkylation sites (N-methyl/N-ethyl adjacent to an activating group) is 1. The second kappa shape index (κ2) is 7.88. The van der Waals surface area contributed by atoms with E-state index in [0.717, 1.165) is 33.7 Å². The van der Waals surface area contributed by atoms with E-state index in [1.807, 2.05) is 36.4 Å². The third-order valence-corrected chi connectivity index (χ3v) is 7.73. The van der Waals surface area contributed by atoms with E-state index in [1.165, 1.54) is 4.90 Å². The maximum atomic E-state index is 13.2. The SMILES string of the molecule is Cc1nc(N(C)C(=O)C2COCc3cc(-c4ccccn4)ccc32)sc1S(N)(=O)=O. The van der Waals surface area contributed by atoms with Crippen LogP contribution in [0, 0.1) is 6.92 Å². The Labute approximate surface area is 178 Å². The summed E-state index contributed by atoms with van der Waals surface area (Å²) in [4.78, 5) is 23.2. The summed E-state index contributed by atoms with van der Waals surface area (Å²) in [5, 5.41) is 5.51. The number of pyridine rings is 1. The lowest BCUT2D eigenvalue weighted by atomic mass is 9.90. The molecule has 1 amide bonds. The number of aryl methyl sites for hydroxylation is 1. The van der Waals surface area contributed by atoms with Crippen molar-refractivity contribution in [3.63, 3.8) is 0 Å². The van der Waals surface area contributed by atoms with E-state index in [2.05, 4.69) is 9.97 Å². The zero-order valence-electron chi connectivity index (χ0n) is 16.4. The van der Waals surface area contributed by atoms with Crippen LogP contribution in [-0.2, 0) is 26.2 Å². The van der Waals surface area contributed by atoms with Crippen molar-refractivity contribution in [3.8, 4) is 11.3 Å². The zero-order valence-corrected chi connectivity index (χ0v) is 18.0. The summed E-state index contributed by atoms with van der Waals surface area (Å²) >= 11 is 0.880. The first-order valence-electron chi connectivity index (χ1n) is 9.15. The number of thiazole rings is 1. The van der Waals surface area contributed by atoms with E-state index in [-0.39, 0.29) is 27.5 Å². The van der Waals surface area contributed by atoms with Crippen LogP contribution in [0.4, 0.5) is 5.13 Å². The van der Waals surface area contributed by atoms with E-state index in [0.29, 0.717) is 6.61 Å². The number of fused-ring (bicyclic) bond motifs is 1. The number of nitrogens with two attached hydrogens (primary N) is 1. The fourth-order valence-corrected chi connectivity index (χ4v) is 5.36. The van der Waals surface area contributed by atoms with Gasteiger partial charge in [0.1, 0.15) is 0 Å². The summed E-state index contributed by atoms with van der Waals surface area (Å²) in [6, 6.07) is 11.6. The predicted octanol–water partition coefficient (Wildman–Crippen LogP) is 2.44. The molecular weight excluding hydrogens is 424 g/mol. The van der Waals surface area contributed by atoms with E-state index < -0.39 is 15.9 Å². The van der Waals surface area contributed by atoms with E-state index in [4.69, 9.17) is 9.88 Å². The quantitative estimate of drug-likeness (QED) is 0.661. The molecule has 0 saturated heterocycles. The van der Waals surface area contributed by atoms with Gasteiger partial charge in [-0.1, -0.05) is 29.5 Å². The molecule has 156 valence electrons. The second-order valence-corrected chi connectivity index (χ2v) is 9.74. The van der Waals surface area contributed by atoms with Crippen LogP contribution in [0.2, 0.25) is 0 Å². The number of aromatic nitrogens is 2. The molecule has 2 aromatic heterocycles. The first kappa shape index (κ1) is 20.6. The van der Waals surface area contributed by atoms with Gasteiger partial charge in [-0.3, -0.25) is 14.7 Å². The molecular formula is C20H20N4O4S2. The Morgan fingerprint density at radius 2 is 2.10 bits per heavy atom. The molecule has 0 spiro atoms. The third kappa shape index (κ3) is 3.86. The van der Waals surface area contributed by atoms with Crippen LogP contribution in [0.1, 0.15) is 22.7 Å². The molecule has 2 N–H and O–H groups in total. The number of primary sulfonamides is 1. The summed E-state index contributed by atoms with van der Waals surface area (Å²) < 4.78 is 29.0. The average molecular weight is 445 g/mol. The van der Waals surface area contributed by atoms with Crippen LogP contribution in [0.3, 0.4) is 0 Å². The van der Waals surface area contributed by atoms with Gasteiger partial charge in [-0.05, 0) is 36.2 Å². The zero-order chi connectivity index (χ0) is 21.5. The van der Waals surface area contributed by atoms with Crippen molar-refractivity contribution in [2.24, 2.45) is 5.14 Å². The number of rotatable bonds is 4. The maximum Gasteiger partial charge on any atom is 0.249 e. The van der Waals surface area contributed by atoms with Crippen LogP contribution < -0.4 is 10.0 Å². The summed E-state index contributed by atoms with van der Waals surface area (Å²) in [5.74, 6) is -0.741. The largest absolute Gasteiger partial charge is 0.376 e. The number of sulfonamides is 1. The third-order valence-electron chi connectivity index (χ3n) is 4.94. The van der Waals surface area contributed by atoms with Gasteiger partial charge in [0.15, 0.2) is 9.34 Å². The molecule has 3 heterocycles. The van der Waals surface area contributed by atoms with Crippen LogP contribution >= 0.6 is 11.3 Å². The van der Waals surface area contributed by atoms with Crippen molar-refractivity contribution in [3.05, 3.63) is 59.4 Å². The molecule has 1 atom stereocenters. The number of hydrogen-bond acceptors (Lipinski definition) is 7. The van der Waals surface area contributed by atoms with Crippen LogP contribution in [-0.4, -0.2) is 37.9 Å². The Hall–Kier alpha value is -2.66. The summed E-state index contributed by atoms with van der Waals surface area (Å²) in [6.45, 7) is 2.21. The minimum absolute atomic E-state index is 0.0440. The van der Waals surface area contributed by atoms with Gasteiger partial charge >= 0.3 is 0 Å². The number of ether oxygens (including phenoxy) is 1. The number of anilines is 1. The van der Waals surface area contributed by atoms with Crippen molar-refractivity contribution in [1.29, 1.82) is 0 Å². The van der Waals surface area contributed by atoms with Crippen LogP contribution in [0.5, 0.6) is 0 Å². The van der Waals surface area contributed by atoms with Gasteiger partial charge in [-0.2, -0.15) is 0 Å². The average Bonchev–Trinajstić information content (AvgIpc) is 3.14. The van der Waals surface area contributed by atoms with E-state index >= 15 is 0 Å². The number of carbonyl (C=O) groups excluding carboxylic acids is 1. The van der Waals surface area contributed by atoms with Crippen LogP contribution in [0.25, 0.3) is 11.3 Å². The number of carbonyl (C=O) groups is 1. The normalized spacial score (nSPS) is 16.2. The van der Waals surface area contributed by atoms with Crippen molar-refractivity contribution < 1.29 is 17.9 Å². The lowest BCUT2D eigenvalue weighted by Crippen LogP contribution is -2.36. The molecule has 0 aliphatic carbocycles. The number of nitrogens with zero attached hydrogens (tertiary/aromatic N) is 3. The number of amides is 1. The van der Waals surface area contributed by atoms with Crippen LogP contribution in [0.15, 0.2) is 46.8 Å². The fourth-order valence-electron chi connectivity index (χ4n) is 3.45. The van der Waals surface area contributed by atoms with Gasteiger partial charge in [0.25, 0.3) is 0 Å². The second-order valence-electron chi connectivity index (χ2n) is 7.01. The Morgan fingerprint density at radius 3 is 2.77 bits per heavy atom. The highest BCUT2D eigenvalue weighted by Crippen LogP contribution is 2.34. The monoisotopic (exact) mass is 444 g/mol. The van der Waals surface area contributed by atoms with Crippen molar-refractivity contribution >= 4 is 32.4 Å². The molecule has 4 rings (SSSR count). The Bertz CT molecular complexity index is 1210. The summed E-state index contributed by atoms with van der Waals surface area (Å²) in [7, 11) is -2.32. The molecule has 0 saturated carbocycles. The highest BCUT2D eigenvalue weighted by Gasteiger charge is 2.32. The van der Waals surface area contributed by atoms with Gasteiger partial charge in [-0.15, -0.1) is 0 Å². The van der Waals surface area contributed by atoms with Gasteiger partial charge in [0.2, 0.25) is 15.9 Å². The minimum atomic E-state index is -3.89. The molecule has 3 aromatic rings. The summed E-state index contributed by atoms with van der Waals surface area (Å²) in [5.41, 5.74) is 3.89. The number of hydrogen-bond donors (Lipinski definition) is 1. The lowest BCUT2D eigenvalue weighted by molar-refractivity contribution is -0.121. The van der Waals surface area contributed by atoms with Gasteiger partial charge in [0.05, 0.1) is 30.5 Å². The highest BCUT2D eigenvalue weighted by atomic mass is 32.2. The lowest BCUT2D eigenvalue weighted by Gasteiger charge is -2.28. The Balaban J connectivity index is 1.64. The van der Waals surface area contributed by atoms with E-state index in [1.54, 1.807) is 20.2 Å². The molecule has 10 heteroatoms. The molecule has 1 aliphatic heterocycles. The van der Waals surface area contributed by atoms with Crippen molar-refractivity contribution in [1.82, 2.24) is 9.97 Å². The topological polar surface area (TPSA) is 115 Å². The van der Waals surface area contributed by atoms with E-state index in [9.17, 15) is 13.2 Å². The molecule has 0 fully saturated rings. The van der Waals surface area contributed by atoms with Crippen molar-refractivity contribution in [2.75, 3.05) is 18.6 Å². The first-order chi connectivity index (χ1) is 14.3. The standard InChI is InChI=1S/C20H20N4O4S2/c1-12-19(30(21,26)27)29-20(23-12)24(2)18(25)16-11-28-10-14-9-13(6-7-15(14)16)17-5-3-4-8-22-17/h3-9,16H,10-11H2,1-2H3,(H2,21,26,27). The molecule has 1 unspecified atom stereocenters. The van der Waals surface area contributed by atoms with Crippen molar-refractivity contribution in [2.45, 2.75) is 23.7 Å². The van der Waals surface area contributed by atoms with Gasteiger partial charge < -0.3 is 4.74 Å². The smallest absolute Gasteiger partial charge is 0.249 e. The number of benzene rings is 1. The summed E-state index contributed by atoms with van der Waals surface area (Å²) in [6.07, 6.45) is 1.73. The fraction of sp³-hybridized carbons (Fsp3) is 0.250. The first-order valence-corrected chi connectivity index (χ1v) is 11.5. The van der Waals surface area contributed by atoms with Gasteiger partial charge in [0, 0.05) is 18.8 Å². The minimum Gasteiger partial charge on any atom is -0.376 e. The molecule has 0 radical (unpaired) electrons. The predicted molar refractivity (Wildman–Crippen MR) is 114 cm³/mol.